The van der Waals surface area contributed by atoms with Crippen molar-refractivity contribution in [2.24, 2.45) is 10.8 Å². The number of amides is 2. The van der Waals surface area contributed by atoms with Crippen LogP contribution in [0.5, 0.6) is 0 Å². The SMILES string of the molecule is CCOC(=O)C(Cc1cccnc1)NC(=O)NCCCCCCCN=CNN. The third-order valence-corrected chi connectivity index (χ3v) is 3.95. The summed E-state index contributed by atoms with van der Waals surface area (Å²) in [6.07, 6.45) is 10.2. The summed E-state index contributed by atoms with van der Waals surface area (Å²) in [5.41, 5.74) is 3.22. The van der Waals surface area contributed by atoms with Gasteiger partial charge in [-0.25, -0.2) is 15.4 Å². The molecule has 9 heteroatoms. The number of hydrogen-bond donors (Lipinski definition) is 4. The maximum absolute atomic E-state index is 12.1. The Morgan fingerprint density at radius 3 is 2.79 bits per heavy atom. The van der Waals surface area contributed by atoms with E-state index in [0.29, 0.717) is 13.0 Å². The molecule has 0 fully saturated rings. The van der Waals surface area contributed by atoms with Gasteiger partial charge in [-0.3, -0.25) is 9.98 Å². The highest BCUT2D eigenvalue weighted by Crippen LogP contribution is 2.04. The first kappa shape index (κ1) is 23.4. The molecule has 28 heavy (non-hydrogen) atoms. The summed E-state index contributed by atoms with van der Waals surface area (Å²) >= 11 is 0. The van der Waals surface area contributed by atoms with Crippen LogP contribution in [0.25, 0.3) is 0 Å². The second kappa shape index (κ2) is 15.4. The molecule has 1 heterocycles. The Kier molecular flexibility index (Phi) is 12.8. The molecule has 1 rings (SSSR count). The number of hydrazine groups is 1. The van der Waals surface area contributed by atoms with Crippen molar-refractivity contribution in [3.05, 3.63) is 30.1 Å². The van der Waals surface area contributed by atoms with Gasteiger partial charge in [0.25, 0.3) is 0 Å². The van der Waals surface area contributed by atoms with Crippen LogP contribution in [0.4, 0.5) is 4.79 Å². The number of pyridine rings is 1. The van der Waals surface area contributed by atoms with Crippen molar-refractivity contribution >= 4 is 18.3 Å². The molecule has 1 aromatic rings. The molecule has 1 aromatic heterocycles. The van der Waals surface area contributed by atoms with Crippen LogP contribution >= 0.6 is 0 Å². The lowest BCUT2D eigenvalue weighted by Crippen LogP contribution is -2.48. The summed E-state index contributed by atoms with van der Waals surface area (Å²) in [4.78, 5) is 32.3. The number of ether oxygens (including phenoxy) is 1. The summed E-state index contributed by atoms with van der Waals surface area (Å²) in [7, 11) is 0. The normalized spacial score (nSPS) is 11.8. The van der Waals surface area contributed by atoms with Gasteiger partial charge in [-0.05, 0) is 31.4 Å². The molecule has 2 amide bonds. The monoisotopic (exact) mass is 392 g/mol. The van der Waals surface area contributed by atoms with Crippen molar-refractivity contribution in [3.8, 4) is 0 Å². The van der Waals surface area contributed by atoms with Gasteiger partial charge in [0, 0.05) is 31.9 Å². The Balaban J connectivity index is 2.25. The molecule has 0 radical (unpaired) electrons. The second-order valence-corrected chi connectivity index (χ2v) is 6.24. The summed E-state index contributed by atoms with van der Waals surface area (Å²) in [5, 5.41) is 5.49. The zero-order valence-corrected chi connectivity index (χ0v) is 16.5. The van der Waals surface area contributed by atoms with E-state index >= 15 is 0 Å². The summed E-state index contributed by atoms with van der Waals surface area (Å²) in [6.45, 7) is 3.32. The van der Waals surface area contributed by atoms with E-state index in [-0.39, 0.29) is 12.6 Å². The lowest BCUT2D eigenvalue weighted by Gasteiger charge is -2.17. The van der Waals surface area contributed by atoms with E-state index in [1.165, 1.54) is 6.34 Å². The highest BCUT2D eigenvalue weighted by atomic mass is 16.5. The average Bonchev–Trinajstić information content (AvgIpc) is 2.70. The molecule has 0 aromatic carbocycles. The number of unbranched alkanes of at least 4 members (excludes halogenated alkanes) is 4. The van der Waals surface area contributed by atoms with Crippen LogP contribution in [-0.2, 0) is 16.0 Å². The van der Waals surface area contributed by atoms with Crippen molar-refractivity contribution in [2.45, 2.75) is 51.5 Å². The van der Waals surface area contributed by atoms with E-state index in [9.17, 15) is 9.59 Å². The molecule has 0 aliphatic carbocycles. The fourth-order valence-electron chi connectivity index (χ4n) is 2.58. The number of rotatable bonds is 14. The Labute approximate surface area is 166 Å². The maximum atomic E-state index is 12.1. The highest BCUT2D eigenvalue weighted by Gasteiger charge is 2.22. The maximum Gasteiger partial charge on any atom is 0.329 e. The minimum atomic E-state index is -0.743. The zero-order chi connectivity index (χ0) is 20.5. The standard InChI is InChI=1S/C19H32N6O3/c1-2-28-18(26)17(13-16-9-8-11-21-14-16)25-19(27)23-12-7-5-3-4-6-10-22-15-24-20/h8-9,11,14-15,17H,2-7,10,12-13,20H2,1H3,(H,22,24)(H2,23,25,27). The quantitative estimate of drug-likeness (QED) is 0.0942. The van der Waals surface area contributed by atoms with Crippen LogP contribution in [0.2, 0.25) is 0 Å². The largest absolute Gasteiger partial charge is 0.464 e. The van der Waals surface area contributed by atoms with Gasteiger partial charge < -0.3 is 20.8 Å². The number of hydrogen-bond acceptors (Lipinski definition) is 6. The molecule has 156 valence electrons. The lowest BCUT2D eigenvalue weighted by molar-refractivity contribution is -0.145. The van der Waals surface area contributed by atoms with E-state index in [1.54, 1.807) is 25.4 Å². The predicted octanol–water partition coefficient (Wildman–Crippen LogP) is 1.30. The molecule has 0 aliphatic rings. The van der Waals surface area contributed by atoms with Gasteiger partial charge in [-0.2, -0.15) is 0 Å². The van der Waals surface area contributed by atoms with Crippen LogP contribution < -0.4 is 21.9 Å². The van der Waals surface area contributed by atoms with Crippen LogP contribution in [-0.4, -0.2) is 49.1 Å². The minimum Gasteiger partial charge on any atom is -0.464 e. The van der Waals surface area contributed by atoms with Gasteiger partial charge in [0.05, 0.1) is 12.9 Å². The molecular formula is C19H32N6O3. The smallest absolute Gasteiger partial charge is 0.329 e. The molecule has 0 spiro atoms. The molecule has 0 saturated heterocycles. The van der Waals surface area contributed by atoms with Crippen molar-refractivity contribution < 1.29 is 14.3 Å². The van der Waals surface area contributed by atoms with Gasteiger partial charge in [-0.15, -0.1) is 0 Å². The zero-order valence-electron chi connectivity index (χ0n) is 16.5. The fraction of sp³-hybridized carbons (Fsp3) is 0.579. The third-order valence-electron chi connectivity index (χ3n) is 3.95. The predicted molar refractivity (Wildman–Crippen MR) is 109 cm³/mol. The van der Waals surface area contributed by atoms with Gasteiger partial charge >= 0.3 is 12.0 Å². The molecule has 9 nitrogen and oxygen atoms in total. The molecule has 0 aliphatic heterocycles. The molecular weight excluding hydrogens is 360 g/mol. The minimum absolute atomic E-state index is 0.264. The highest BCUT2D eigenvalue weighted by molar-refractivity contribution is 5.83. The van der Waals surface area contributed by atoms with E-state index in [0.717, 1.165) is 44.2 Å². The van der Waals surface area contributed by atoms with Crippen molar-refractivity contribution in [1.29, 1.82) is 0 Å². The van der Waals surface area contributed by atoms with Gasteiger partial charge in [0.15, 0.2) is 0 Å². The number of esters is 1. The van der Waals surface area contributed by atoms with Crippen molar-refractivity contribution in [3.63, 3.8) is 0 Å². The van der Waals surface area contributed by atoms with E-state index in [1.807, 2.05) is 6.07 Å². The van der Waals surface area contributed by atoms with Crippen molar-refractivity contribution in [1.82, 2.24) is 21.0 Å². The number of nitrogens with zero attached hydrogens (tertiary/aromatic N) is 2. The molecule has 1 atom stereocenters. The molecule has 0 saturated carbocycles. The number of carbonyl (C=O) groups is 2. The first-order valence-electron chi connectivity index (χ1n) is 9.71. The van der Waals surface area contributed by atoms with Crippen LogP contribution in [0, 0.1) is 0 Å². The van der Waals surface area contributed by atoms with E-state index < -0.39 is 12.0 Å². The first-order valence-corrected chi connectivity index (χ1v) is 9.71. The number of nitrogens with two attached hydrogens (primary N) is 1. The van der Waals surface area contributed by atoms with E-state index in [2.05, 4.69) is 26.0 Å². The molecule has 0 bridgehead atoms. The number of aliphatic imine (C=N–C) groups is 1. The van der Waals surface area contributed by atoms with Crippen LogP contribution in [0.3, 0.4) is 0 Å². The third kappa shape index (κ3) is 11.1. The van der Waals surface area contributed by atoms with E-state index in [4.69, 9.17) is 10.6 Å². The molecule has 5 N–H and O–H groups in total. The Hall–Kier alpha value is -2.68. The number of aromatic nitrogens is 1. The first-order chi connectivity index (χ1) is 13.7. The summed E-state index contributed by atoms with van der Waals surface area (Å²) in [5.74, 6) is 4.63. The summed E-state index contributed by atoms with van der Waals surface area (Å²) < 4.78 is 5.06. The number of urea groups is 1. The Bertz CT molecular complexity index is 582. The summed E-state index contributed by atoms with van der Waals surface area (Å²) in [6, 6.07) is 2.54. The molecule has 1 unspecified atom stereocenters. The fourth-order valence-corrected chi connectivity index (χ4v) is 2.58. The van der Waals surface area contributed by atoms with Gasteiger partial charge in [0.1, 0.15) is 6.04 Å². The lowest BCUT2D eigenvalue weighted by atomic mass is 10.1. The van der Waals surface area contributed by atoms with Gasteiger partial charge in [-0.1, -0.05) is 25.3 Å². The topological polar surface area (TPSA) is 131 Å². The Morgan fingerprint density at radius 2 is 2.07 bits per heavy atom. The number of carbonyl (C=O) groups excluding carboxylic acids is 2. The average molecular weight is 393 g/mol. The van der Waals surface area contributed by atoms with Gasteiger partial charge in [0.2, 0.25) is 0 Å². The Morgan fingerprint density at radius 1 is 1.29 bits per heavy atom. The second-order valence-electron chi connectivity index (χ2n) is 6.24. The van der Waals surface area contributed by atoms with Crippen molar-refractivity contribution in [2.75, 3.05) is 19.7 Å². The van der Waals surface area contributed by atoms with Crippen LogP contribution in [0.1, 0.15) is 44.6 Å². The number of nitrogens with one attached hydrogen (secondary N) is 3. The van der Waals surface area contributed by atoms with Crippen LogP contribution in [0.15, 0.2) is 29.5 Å².